The van der Waals surface area contributed by atoms with Crippen molar-refractivity contribution >= 4 is 11.8 Å². The van der Waals surface area contributed by atoms with Gasteiger partial charge in [0.1, 0.15) is 11.9 Å². The predicted octanol–water partition coefficient (Wildman–Crippen LogP) is 2.55. The minimum atomic E-state index is -0.867. The van der Waals surface area contributed by atoms with Crippen molar-refractivity contribution in [1.29, 1.82) is 0 Å². The van der Waals surface area contributed by atoms with Gasteiger partial charge in [-0.05, 0) is 37.3 Å². The highest BCUT2D eigenvalue weighted by Gasteiger charge is 2.26. The second kappa shape index (κ2) is 6.32. The van der Waals surface area contributed by atoms with Crippen molar-refractivity contribution in [2.75, 3.05) is 5.32 Å². The summed E-state index contributed by atoms with van der Waals surface area (Å²) in [5, 5.41) is 12.5. The number of aromatic nitrogens is 3. The third-order valence-corrected chi connectivity index (χ3v) is 4.08. The van der Waals surface area contributed by atoms with Gasteiger partial charge in [0.2, 0.25) is 0 Å². The van der Waals surface area contributed by atoms with Gasteiger partial charge in [-0.3, -0.25) is 4.98 Å². The largest absolute Gasteiger partial charge is 0.480 e. The maximum Gasteiger partial charge on any atom is 0.326 e. The van der Waals surface area contributed by atoms with E-state index < -0.39 is 12.0 Å². The molecule has 0 saturated heterocycles. The highest BCUT2D eigenvalue weighted by atomic mass is 16.4. The van der Waals surface area contributed by atoms with Gasteiger partial charge in [-0.25, -0.2) is 14.8 Å². The summed E-state index contributed by atoms with van der Waals surface area (Å²) in [6.45, 7) is 3.77. The lowest BCUT2D eigenvalue weighted by Crippen LogP contribution is -2.35. The van der Waals surface area contributed by atoms with E-state index in [9.17, 15) is 9.90 Å². The van der Waals surface area contributed by atoms with E-state index in [2.05, 4.69) is 20.3 Å². The second-order valence-corrected chi connectivity index (χ2v) is 6.12. The normalized spacial score (nSPS) is 14.6. The van der Waals surface area contributed by atoms with Crippen molar-refractivity contribution in [2.24, 2.45) is 5.92 Å². The van der Waals surface area contributed by atoms with Gasteiger partial charge in [-0.1, -0.05) is 13.8 Å². The summed E-state index contributed by atoms with van der Waals surface area (Å²) in [6.07, 6.45) is 6.23. The Kier molecular flexibility index (Phi) is 4.23. The second-order valence-electron chi connectivity index (χ2n) is 6.12. The third kappa shape index (κ3) is 3.16. The summed E-state index contributed by atoms with van der Waals surface area (Å²) in [5.41, 5.74) is 2.89. The Morgan fingerprint density at radius 3 is 2.78 bits per heavy atom. The molecule has 0 aromatic carbocycles. The molecule has 0 fully saturated rings. The van der Waals surface area contributed by atoms with E-state index in [1.807, 2.05) is 26.0 Å². The van der Waals surface area contributed by atoms with Crippen molar-refractivity contribution in [3.8, 4) is 11.4 Å². The Bertz CT molecular complexity index is 716. The molecule has 1 aliphatic rings. The zero-order valence-electron chi connectivity index (χ0n) is 13.3. The van der Waals surface area contributed by atoms with Crippen LogP contribution in [-0.2, 0) is 17.6 Å². The van der Waals surface area contributed by atoms with Gasteiger partial charge in [0.15, 0.2) is 5.82 Å². The molecule has 0 aliphatic heterocycles. The molecule has 3 rings (SSSR count). The minimum Gasteiger partial charge on any atom is -0.480 e. The van der Waals surface area contributed by atoms with Gasteiger partial charge in [0, 0.05) is 29.2 Å². The smallest absolute Gasteiger partial charge is 0.326 e. The van der Waals surface area contributed by atoms with E-state index in [1.165, 1.54) is 0 Å². The van der Waals surface area contributed by atoms with E-state index in [-0.39, 0.29) is 5.92 Å². The van der Waals surface area contributed by atoms with Gasteiger partial charge in [0.05, 0.1) is 0 Å². The number of hydrogen-bond acceptors (Lipinski definition) is 5. The predicted molar refractivity (Wildman–Crippen MR) is 87.2 cm³/mol. The number of anilines is 1. The van der Waals surface area contributed by atoms with Crippen molar-refractivity contribution in [3.63, 3.8) is 0 Å². The average Bonchev–Trinajstić information content (AvgIpc) is 3.01. The van der Waals surface area contributed by atoms with Crippen LogP contribution in [-0.4, -0.2) is 32.1 Å². The van der Waals surface area contributed by atoms with Gasteiger partial charge in [-0.15, -0.1) is 0 Å². The fourth-order valence-corrected chi connectivity index (χ4v) is 2.84. The van der Waals surface area contributed by atoms with Crippen LogP contribution in [0.3, 0.4) is 0 Å². The Labute approximate surface area is 135 Å². The zero-order valence-corrected chi connectivity index (χ0v) is 13.3. The summed E-state index contributed by atoms with van der Waals surface area (Å²) >= 11 is 0. The SMILES string of the molecule is CC(C)[C@@H](Nc1nc(-c2cccnc2)nc2c1CCC2)C(=O)O. The lowest BCUT2D eigenvalue weighted by Gasteiger charge is -2.20. The van der Waals surface area contributed by atoms with Crippen LogP contribution in [0.25, 0.3) is 11.4 Å². The molecule has 0 radical (unpaired) electrons. The Hall–Kier alpha value is -2.50. The number of carbonyl (C=O) groups is 1. The first kappa shape index (κ1) is 15.4. The number of carboxylic acids is 1. The zero-order chi connectivity index (χ0) is 16.4. The fourth-order valence-electron chi connectivity index (χ4n) is 2.84. The molecule has 0 bridgehead atoms. The molecule has 1 aliphatic carbocycles. The molecular formula is C17H20N4O2. The summed E-state index contributed by atoms with van der Waals surface area (Å²) in [6, 6.07) is 3.08. The molecule has 23 heavy (non-hydrogen) atoms. The quantitative estimate of drug-likeness (QED) is 0.882. The van der Waals surface area contributed by atoms with Crippen molar-refractivity contribution < 1.29 is 9.90 Å². The topological polar surface area (TPSA) is 88.0 Å². The van der Waals surface area contributed by atoms with Gasteiger partial charge in [0.25, 0.3) is 0 Å². The van der Waals surface area contributed by atoms with Crippen molar-refractivity contribution in [2.45, 2.75) is 39.2 Å². The fraction of sp³-hybridized carbons (Fsp3) is 0.412. The monoisotopic (exact) mass is 312 g/mol. The van der Waals surface area contributed by atoms with E-state index in [1.54, 1.807) is 12.4 Å². The molecule has 0 spiro atoms. The van der Waals surface area contributed by atoms with Crippen LogP contribution in [0.15, 0.2) is 24.5 Å². The summed E-state index contributed by atoms with van der Waals surface area (Å²) in [5.74, 6) is 0.330. The van der Waals surface area contributed by atoms with Crippen LogP contribution in [0.2, 0.25) is 0 Å². The van der Waals surface area contributed by atoms with Crippen LogP contribution in [0.4, 0.5) is 5.82 Å². The molecule has 6 heteroatoms. The molecule has 6 nitrogen and oxygen atoms in total. The van der Waals surface area contributed by atoms with Gasteiger partial charge >= 0.3 is 5.97 Å². The first-order valence-corrected chi connectivity index (χ1v) is 7.86. The van der Waals surface area contributed by atoms with Gasteiger partial charge < -0.3 is 10.4 Å². The summed E-state index contributed by atoms with van der Waals surface area (Å²) in [4.78, 5) is 24.8. The highest BCUT2D eigenvalue weighted by Crippen LogP contribution is 2.30. The molecule has 2 N–H and O–H groups in total. The van der Waals surface area contributed by atoms with E-state index >= 15 is 0 Å². The van der Waals surface area contributed by atoms with Crippen LogP contribution >= 0.6 is 0 Å². The molecule has 120 valence electrons. The third-order valence-electron chi connectivity index (χ3n) is 4.08. The first-order valence-electron chi connectivity index (χ1n) is 7.86. The van der Waals surface area contributed by atoms with Crippen molar-refractivity contribution in [3.05, 3.63) is 35.8 Å². The number of rotatable bonds is 5. The number of carboxylic acid groups (broad SMARTS) is 1. The Morgan fingerprint density at radius 1 is 1.30 bits per heavy atom. The molecule has 0 unspecified atom stereocenters. The van der Waals surface area contributed by atoms with Crippen LogP contribution in [0.1, 0.15) is 31.5 Å². The van der Waals surface area contributed by atoms with E-state index in [4.69, 9.17) is 0 Å². The number of aryl methyl sites for hydroxylation is 1. The molecule has 0 amide bonds. The standard InChI is InChI=1S/C17H20N4O2/c1-10(2)14(17(22)23)20-16-12-6-3-7-13(12)19-15(21-16)11-5-4-8-18-9-11/h4-5,8-10,14H,3,6-7H2,1-2H3,(H,22,23)(H,19,20,21)/t14-/m1/s1. The van der Waals surface area contributed by atoms with Gasteiger partial charge in [-0.2, -0.15) is 0 Å². The van der Waals surface area contributed by atoms with Crippen molar-refractivity contribution in [1.82, 2.24) is 15.0 Å². The molecule has 2 aromatic heterocycles. The number of hydrogen-bond donors (Lipinski definition) is 2. The Morgan fingerprint density at radius 2 is 2.13 bits per heavy atom. The molecule has 0 saturated carbocycles. The van der Waals surface area contributed by atoms with E-state index in [0.29, 0.717) is 11.6 Å². The Balaban J connectivity index is 2.02. The number of nitrogens with zero attached hydrogens (tertiary/aromatic N) is 3. The first-order chi connectivity index (χ1) is 11.1. The average molecular weight is 312 g/mol. The van der Waals surface area contributed by atoms with E-state index in [0.717, 1.165) is 36.1 Å². The highest BCUT2D eigenvalue weighted by molar-refractivity contribution is 5.78. The number of aliphatic carboxylic acids is 1. The molecule has 2 heterocycles. The number of pyridine rings is 1. The van der Waals surface area contributed by atoms with Crippen LogP contribution in [0.5, 0.6) is 0 Å². The summed E-state index contributed by atoms with van der Waals surface area (Å²) in [7, 11) is 0. The van der Waals surface area contributed by atoms with Crippen LogP contribution < -0.4 is 5.32 Å². The number of fused-ring (bicyclic) bond motifs is 1. The maximum absolute atomic E-state index is 11.5. The lowest BCUT2D eigenvalue weighted by atomic mass is 10.0. The number of nitrogens with one attached hydrogen (secondary N) is 1. The molecule has 2 aromatic rings. The maximum atomic E-state index is 11.5. The minimum absolute atomic E-state index is 0.0404. The van der Waals surface area contributed by atoms with Crippen LogP contribution in [0, 0.1) is 5.92 Å². The molecule has 1 atom stereocenters. The lowest BCUT2D eigenvalue weighted by molar-refractivity contribution is -0.138. The molecular weight excluding hydrogens is 292 g/mol. The summed E-state index contributed by atoms with van der Waals surface area (Å²) < 4.78 is 0.